The second kappa shape index (κ2) is 7.57. The van der Waals surface area contributed by atoms with Crippen molar-refractivity contribution in [3.05, 3.63) is 35.4 Å². The molecule has 1 saturated carbocycles. The molecule has 0 atom stereocenters. The van der Waals surface area contributed by atoms with E-state index in [0.717, 1.165) is 31.5 Å². The van der Waals surface area contributed by atoms with Gasteiger partial charge in [-0.05, 0) is 30.5 Å². The number of methoxy groups -OCH3 is 1. The van der Waals surface area contributed by atoms with Gasteiger partial charge in [0.2, 0.25) is 0 Å². The van der Waals surface area contributed by atoms with Gasteiger partial charge in [-0.1, -0.05) is 31.4 Å². The Morgan fingerprint density at radius 3 is 2.48 bits per heavy atom. The molecule has 0 radical (unpaired) electrons. The molecule has 0 amide bonds. The number of benzene rings is 1. The fourth-order valence-corrected chi connectivity index (χ4v) is 3.04. The van der Waals surface area contributed by atoms with Gasteiger partial charge in [-0.25, -0.2) is 4.79 Å². The summed E-state index contributed by atoms with van der Waals surface area (Å²) in [6, 6.07) is 7.44. The first-order chi connectivity index (χ1) is 10.2. The summed E-state index contributed by atoms with van der Waals surface area (Å²) in [7, 11) is 1.39. The maximum atomic E-state index is 11.4. The van der Waals surface area contributed by atoms with Gasteiger partial charge in [0.1, 0.15) is 0 Å². The quantitative estimate of drug-likeness (QED) is 0.791. The van der Waals surface area contributed by atoms with Crippen LogP contribution in [0.3, 0.4) is 0 Å². The molecule has 21 heavy (non-hydrogen) atoms. The first-order valence-corrected chi connectivity index (χ1v) is 7.68. The molecule has 1 aromatic carbocycles. The lowest BCUT2D eigenvalue weighted by Crippen LogP contribution is -2.38. The van der Waals surface area contributed by atoms with E-state index in [1.807, 2.05) is 12.1 Å². The van der Waals surface area contributed by atoms with Gasteiger partial charge in [-0.15, -0.1) is 0 Å². The second-order valence-electron chi connectivity index (χ2n) is 6.01. The highest BCUT2D eigenvalue weighted by molar-refractivity contribution is 5.89. The number of hydrogen-bond acceptors (Lipinski definition) is 4. The van der Waals surface area contributed by atoms with Gasteiger partial charge >= 0.3 is 5.97 Å². The van der Waals surface area contributed by atoms with Crippen molar-refractivity contribution in [3.8, 4) is 0 Å². The van der Waals surface area contributed by atoms with Crippen LogP contribution in [0.15, 0.2) is 24.3 Å². The van der Waals surface area contributed by atoms with E-state index in [1.165, 1.54) is 26.4 Å². The van der Waals surface area contributed by atoms with E-state index in [2.05, 4.69) is 10.1 Å². The number of carbonyl (C=O) groups is 1. The van der Waals surface area contributed by atoms with Crippen LogP contribution in [0, 0.1) is 5.41 Å². The Labute approximate surface area is 126 Å². The average Bonchev–Trinajstić information content (AvgIpc) is 2.55. The Hall–Kier alpha value is -1.39. The SMILES string of the molecule is COC(=O)c1ccc(CNCC2(CO)CCCCC2)cc1. The summed E-state index contributed by atoms with van der Waals surface area (Å²) in [5.74, 6) is -0.309. The Kier molecular flexibility index (Phi) is 5.76. The number of rotatable bonds is 6. The summed E-state index contributed by atoms with van der Waals surface area (Å²) < 4.78 is 4.68. The van der Waals surface area contributed by atoms with Crippen LogP contribution in [0.2, 0.25) is 0 Å². The minimum absolute atomic E-state index is 0.0597. The predicted molar refractivity (Wildman–Crippen MR) is 82.1 cm³/mol. The summed E-state index contributed by atoms with van der Waals surface area (Å²) >= 11 is 0. The first-order valence-electron chi connectivity index (χ1n) is 7.68. The van der Waals surface area contributed by atoms with E-state index >= 15 is 0 Å². The Bertz CT molecular complexity index is 450. The number of ether oxygens (including phenoxy) is 1. The van der Waals surface area contributed by atoms with Crippen LogP contribution in [0.25, 0.3) is 0 Å². The molecule has 1 aliphatic rings. The summed E-state index contributed by atoms with van der Waals surface area (Å²) in [5.41, 5.74) is 1.76. The summed E-state index contributed by atoms with van der Waals surface area (Å²) in [6.45, 7) is 1.87. The van der Waals surface area contributed by atoms with Gasteiger partial charge in [0.05, 0.1) is 12.7 Å². The van der Waals surface area contributed by atoms with Crippen LogP contribution in [-0.4, -0.2) is 31.3 Å². The number of carbonyl (C=O) groups excluding carboxylic acids is 1. The smallest absolute Gasteiger partial charge is 0.337 e. The van der Waals surface area contributed by atoms with E-state index in [4.69, 9.17) is 0 Å². The summed E-state index contributed by atoms with van der Waals surface area (Å²) in [5, 5.41) is 13.1. The average molecular weight is 291 g/mol. The molecule has 1 fully saturated rings. The molecule has 0 unspecified atom stereocenters. The maximum Gasteiger partial charge on any atom is 0.337 e. The molecule has 0 aliphatic heterocycles. The molecule has 4 heteroatoms. The van der Waals surface area contributed by atoms with Crippen molar-refractivity contribution in [2.75, 3.05) is 20.3 Å². The zero-order valence-electron chi connectivity index (χ0n) is 12.7. The fraction of sp³-hybridized carbons (Fsp3) is 0.588. The van der Waals surface area contributed by atoms with Crippen LogP contribution in [0.1, 0.15) is 48.0 Å². The fourth-order valence-electron chi connectivity index (χ4n) is 3.04. The Morgan fingerprint density at radius 2 is 1.90 bits per heavy atom. The highest BCUT2D eigenvalue weighted by atomic mass is 16.5. The third-order valence-corrected chi connectivity index (χ3v) is 4.45. The first kappa shape index (κ1) is 16.0. The van der Waals surface area contributed by atoms with Crippen molar-refractivity contribution in [3.63, 3.8) is 0 Å². The lowest BCUT2D eigenvalue weighted by molar-refractivity contribution is 0.0600. The van der Waals surface area contributed by atoms with E-state index in [-0.39, 0.29) is 18.0 Å². The van der Waals surface area contributed by atoms with E-state index in [0.29, 0.717) is 5.56 Å². The van der Waals surface area contributed by atoms with E-state index in [1.54, 1.807) is 12.1 Å². The highest BCUT2D eigenvalue weighted by Gasteiger charge is 2.30. The van der Waals surface area contributed by atoms with Crippen molar-refractivity contribution in [2.24, 2.45) is 5.41 Å². The molecule has 1 aromatic rings. The van der Waals surface area contributed by atoms with Crippen molar-refractivity contribution in [2.45, 2.75) is 38.6 Å². The van der Waals surface area contributed by atoms with Gasteiger partial charge < -0.3 is 15.2 Å². The summed E-state index contributed by atoms with van der Waals surface area (Å²) in [6.07, 6.45) is 5.94. The predicted octanol–water partition coefficient (Wildman–Crippen LogP) is 2.51. The molecule has 116 valence electrons. The molecule has 2 rings (SSSR count). The lowest BCUT2D eigenvalue weighted by Gasteiger charge is -2.35. The number of nitrogens with one attached hydrogen (secondary N) is 1. The molecule has 2 N–H and O–H groups in total. The Balaban J connectivity index is 1.84. The number of aliphatic hydroxyl groups excluding tert-OH is 1. The van der Waals surface area contributed by atoms with Crippen molar-refractivity contribution < 1.29 is 14.6 Å². The van der Waals surface area contributed by atoms with Crippen molar-refractivity contribution in [1.29, 1.82) is 0 Å². The number of hydrogen-bond donors (Lipinski definition) is 2. The monoisotopic (exact) mass is 291 g/mol. The molecule has 0 spiro atoms. The lowest BCUT2D eigenvalue weighted by atomic mass is 9.74. The minimum Gasteiger partial charge on any atom is -0.465 e. The zero-order valence-corrected chi connectivity index (χ0v) is 12.7. The zero-order chi connectivity index (χ0) is 15.1. The standard InChI is InChI=1S/C17H25NO3/c1-21-16(20)15-7-5-14(6-8-15)11-18-12-17(13-19)9-3-2-4-10-17/h5-8,18-19H,2-4,9-13H2,1H3. The van der Waals surface area contributed by atoms with E-state index in [9.17, 15) is 9.90 Å². The molecule has 0 saturated heterocycles. The molecule has 1 aliphatic carbocycles. The molecular formula is C17H25NO3. The van der Waals surface area contributed by atoms with Crippen LogP contribution >= 0.6 is 0 Å². The third kappa shape index (κ3) is 4.29. The normalized spacial score (nSPS) is 17.4. The second-order valence-corrected chi connectivity index (χ2v) is 6.01. The molecule has 0 aromatic heterocycles. The number of esters is 1. The van der Waals surface area contributed by atoms with Gasteiger partial charge in [0, 0.05) is 25.1 Å². The van der Waals surface area contributed by atoms with Gasteiger partial charge in [-0.2, -0.15) is 0 Å². The van der Waals surface area contributed by atoms with Crippen LogP contribution in [0.4, 0.5) is 0 Å². The minimum atomic E-state index is -0.309. The van der Waals surface area contributed by atoms with Crippen LogP contribution in [0.5, 0.6) is 0 Å². The topological polar surface area (TPSA) is 58.6 Å². The molecule has 0 heterocycles. The molecule has 0 bridgehead atoms. The highest BCUT2D eigenvalue weighted by Crippen LogP contribution is 2.35. The molecular weight excluding hydrogens is 266 g/mol. The van der Waals surface area contributed by atoms with Gasteiger partial charge in [0.25, 0.3) is 0 Å². The third-order valence-electron chi connectivity index (χ3n) is 4.45. The van der Waals surface area contributed by atoms with Crippen molar-refractivity contribution in [1.82, 2.24) is 5.32 Å². The number of aliphatic hydroxyl groups is 1. The Morgan fingerprint density at radius 1 is 1.24 bits per heavy atom. The summed E-state index contributed by atoms with van der Waals surface area (Å²) in [4.78, 5) is 11.4. The van der Waals surface area contributed by atoms with Crippen LogP contribution in [-0.2, 0) is 11.3 Å². The van der Waals surface area contributed by atoms with Gasteiger partial charge in [-0.3, -0.25) is 0 Å². The van der Waals surface area contributed by atoms with Crippen molar-refractivity contribution >= 4 is 5.97 Å². The van der Waals surface area contributed by atoms with E-state index < -0.39 is 0 Å². The maximum absolute atomic E-state index is 11.4. The van der Waals surface area contributed by atoms with Gasteiger partial charge in [0.15, 0.2) is 0 Å². The van der Waals surface area contributed by atoms with Crippen LogP contribution < -0.4 is 5.32 Å². The molecule has 4 nitrogen and oxygen atoms in total. The largest absolute Gasteiger partial charge is 0.465 e.